The lowest BCUT2D eigenvalue weighted by molar-refractivity contribution is 0.101. The second-order valence-electron chi connectivity index (χ2n) is 7.05. The van der Waals surface area contributed by atoms with Crippen LogP contribution < -0.4 is 11.0 Å². The van der Waals surface area contributed by atoms with Crippen LogP contribution in [0.15, 0.2) is 77.6 Å². The highest BCUT2D eigenvalue weighted by molar-refractivity contribution is 7.21. The molecule has 0 saturated heterocycles. The molecule has 2 heterocycles. The van der Waals surface area contributed by atoms with E-state index >= 15 is 0 Å². The number of benzene rings is 3. The van der Waals surface area contributed by atoms with E-state index < -0.39 is 11.6 Å². The second kappa shape index (κ2) is 7.66. The summed E-state index contributed by atoms with van der Waals surface area (Å²) in [6, 6.07) is 22.5. The second-order valence-corrected chi connectivity index (χ2v) is 8.08. The van der Waals surface area contributed by atoms with Crippen LogP contribution >= 0.6 is 11.3 Å². The van der Waals surface area contributed by atoms with Crippen molar-refractivity contribution in [3.63, 3.8) is 0 Å². The first-order chi connectivity index (χ1) is 15.1. The van der Waals surface area contributed by atoms with E-state index in [2.05, 4.69) is 33.4 Å². The van der Waals surface area contributed by atoms with Gasteiger partial charge in [-0.2, -0.15) is 4.68 Å². The Morgan fingerprint density at radius 2 is 1.81 bits per heavy atom. The van der Waals surface area contributed by atoms with Gasteiger partial charge in [-0.1, -0.05) is 24.3 Å². The molecule has 0 atom stereocenters. The number of hydrogen-bond donors (Lipinski definition) is 2. The van der Waals surface area contributed by atoms with Gasteiger partial charge in [-0.25, -0.2) is 9.78 Å². The smallest absolute Gasteiger partial charge is 0.319 e. The fraction of sp³-hybridized carbons (Fsp3) is 0.0435. The van der Waals surface area contributed by atoms with E-state index in [1.807, 2.05) is 30.3 Å². The number of aryl methyl sites for hydroxylation is 1. The van der Waals surface area contributed by atoms with Crippen molar-refractivity contribution in [2.24, 2.45) is 0 Å². The molecule has 0 unspecified atom stereocenters. The lowest BCUT2D eigenvalue weighted by atomic mass is 10.2. The Balaban J connectivity index is 1.35. The van der Waals surface area contributed by atoms with Gasteiger partial charge in [-0.05, 0) is 61.0 Å². The molecule has 1 amide bonds. The van der Waals surface area contributed by atoms with Crippen LogP contribution in [0.4, 0.5) is 5.69 Å². The number of thiazole rings is 1. The Labute approximate surface area is 181 Å². The number of H-pyrrole nitrogens is 1. The number of fused-ring (bicyclic) bond motifs is 1. The van der Waals surface area contributed by atoms with Gasteiger partial charge in [0.2, 0.25) is 5.82 Å². The Hall–Kier alpha value is -4.04. The van der Waals surface area contributed by atoms with Crippen molar-refractivity contribution in [2.45, 2.75) is 6.92 Å². The van der Waals surface area contributed by atoms with Crippen LogP contribution in [0.3, 0.4) is 0 Å². The zero-order valence-electron chi connectivity index (χ0n) is 16.5. The van der Waals surface area contributed by atoms with Gasteiger partial charge in [0.25, 0.3) is 5.91 Å². The molecule has 8 heteroatoms. The largest absolute Gasteiger partial charge is 0.348 e. The summed E-state index contributed by atoms with van der Waals surface area (Å²) in [6.45, 7) is 2.06. The third-order valence-corrected chi connectivity index (χ3v) is 5.83. The molecular weight excluding hydrogens is 410 g/mol. The summed E-state index contributed by atoms with van der Waals surface area (Å²) in [7, 11) is 0. The van der Waals surface area contributed by atoms with E-state index in [0.717, 1.165) is 25.5 Å². The Bertz CT molecular complexity index is 1450. The quantitative estimate of drug-likeness (QED) is 0.445. The third-order valence-electron chi connectivity index (χ3n) is 4.77. The van der Waals surface area contributed by atoms with Gasteiger partial charge in [0.15, 0.2) is 0 Å². The SMILES string of the molecule is Cc1ccc2nc(-c3ccc(NC(=O)c4nn(-c5ccccc5)c(=O)[nH]4)cc3)sc2c1. The van der Waals surface area contributed by atoms with E-state index in [1.165, 1.54) is 5.56 Å². The number of para-hydroxylation sites is 1. The molecule has 2 aromatic heterocycles. The number of amides is 1. The molecule has 0 spiro atoms. The number of aromatic amines is 1. The van der Waals surface area contributed by atoms with Crippen LogP contribution in [0.1, 0.15) is 16.2 Å². The summed E-state index contributed by atoms with van der Waals surface area (Å²) < 4.78 is 2.30. The highest BCUT2D eigenvalue weighted by Crippen LogP contribution is 2.31. The van der Waals surface area contributed by atoms with E-state index in [9.17, 15) is 9.59 Å². The van der Waals surface area contributed by atoms with Crippen molar-refractivity contribution in [3.05, 3.63) is 94.7 Å². The number of hydrogen-bond acceptors (Lipinski definition) is 5. The number of rotatable bonds is 4. The van der Waals surface area contributed by atoms with Gasteiger partial charge in [0, 0.05) is 11.3 Å². The summed E-state index contributed by atoms with van der Waals surface area (Å²) in [5.41, 5.74) is 3.85. The maximum Gasteiger partial charge on any atom is 0.348 e. The normalized spacial score (nSPS) is 11.0. The predicted octanol–water partition coefficient (Wildman–Crippen LogP) is 4.40. The minimum Gasteiger partial charge on any atom is -0.319 e. The molecule has 0 saturated carbocycles. The highest BCUT2D eigenvalue weighted by Gasteiger charge is 2.15. The van der Waals surface area contributed by atoms with E-state index in [4.69, 9.17) is 0 Å². The number of nitrogens with one attached hydrogen (secondary N) is 2. The summed E-state index contributed by atoms with van der Waals surface area (Å²) in [5, 5.41) is 7.78. The molecule has 0 fully saturated rings. The van der Waals surface area contributed by atoms with Gasteiger partial charge in [0.05, 0.1) is 15.9 Å². The molecule has 0 aliphatic carbocycles. The van der Waals surface area contributed by atoms with Crippen molar-refractivity contribution in [3.8, 4) is 16.3 Å². The first-order valence-corrected chi connectivity index (χ1v) is 10.4. The standard InChI is InChI=1S/C23H17N5O2S/c1-14-7-12-18-19(13-14)31-22(25-18)15-8-10-16(11-9-15)24-21(29)20-26-23(30)28(27-20)17-5-3-2-4-6-17/h2-13H,1H3,(H,24,29)(H,26,27,30). The van der Waals surface area contributed by atoms with Crippen LogP contribution in [-0.4, -0.2) is 25.7 Å². The van der Waals surface area contributed by atoms with Gasteiger partial charge < -0.3 is 5.32 Å². The lowest BCUT2D eigenvalue weighted by Gasteiger charge is -2.04. The molecule has 0 bridgehead atoms. The first-order valence-electron chi connectivity index (χ1n) is 9.60. The van der Waals surface area contributed by atoms with Crippen molar-refractivity contribution in [2.75, 3.05) is 5.32 Å². The van der Waals surface area contributed by atoms with Crippen molar-refractivity contribution in [1.29, 1.82) is 0 Å². The molecule has 0 aliphatic rings. The average Bonchev–Trinajstić information content (AvgIpc) is 3.38. The molecule has 31 heavy (non-hydrogen) atoms. The summed E-state index contributed by atoms with van der Waals surface area (Å²) in [5.74, 6) is -0.547. The maximum atomic E-state index is 12.5. The highest BCUT2D eigenvalue weighted by atomic mass is 32.1. The number of aromatic nitrogens is 4. The molecule has 5 aromatic rings. The zero-order valence-corrected chi connectivity index (χ0v) is 17.3. The molecule has 3 aromatic carbocycles. The van der Waals surface area contributed by atoms with Crippen LogP contribution in [-0.2, 0) is 0 Å². The van der Waals surface area contributed by atoms with Crippen LogP contribution in [0.25, 0.3) is 26.5 Å². The third kappa shape index (κ3) is 3.76. The summed E-state index contributed by atoms with van der Waals surface area (Å²) >= 11 is 1.63. The van der Waals surface area contributed by atoms with Crippen molar-refractivity contribution >= 4 is 33.1 Å². The number of nitrogens with zero attached hydrogens (tertiary/aromatic N) is 3. The zero-order chi connectivity index (χ0) is 21.4. The van der Waals surface area contributed by atoms with Crippen LogP contribution in [0.2, 0.25) is 0 Å². The fourth-order valence-electron chi connectivity index (χ4n) is 3.21. The molecule has 7 nitrogen and oxygen atoms in total. The van der Waals surface area contributed by atoms with E-state index in [1.54, 1.807) is 47.7 Å². The molecule has 0 radical (unpaired) electrons. The summed E-state index contributed by atoms with van der Waals surface area (Å²) in [4.78, 5) is 31.9. The van der Waals surface area contributed by atoms with Gasteiger partial charge in [-0.3, -0.25) is 9.78 Å². The number of anilines is 1. The predicted molar refractivity (Wildman–Crippen MR) is 122 cm³/mol. The topological polar surface area (TPSA) is 92.7 Å². The minimum atomic E-state index is -0.491. The fourth-order valence-corrected chi connectivity index (χ4v) is 4.28. The molecule has 152 valence electrons. The van der Waals surface area contributed by atoms with Crippen LogP contribution in [0, 0.1) is 6.92 Å². The Morgan fingerprint density at radius 3 is 2.58 bits per heavy atom. The number of carbonyl (C=O) groups is 1. The molecule has 5 rings (SSSR count). The van der Waals surface area contributed by atoms with Gasteiger partial charge in [0.1, 0.15) is 5.01 Å². The minimum absolute atomic E-state index is 0.0560. The Kier molecular flexibility index (Phi) is 4.68. The van der Waals surface area contributed by atoms with E-state index in [-0.39, 0.29) is 5.82 Å². The van der Waals surface area contributed by atoms with Gasteiger partial charge in [-0.15, -0.1) is 16.4 Å². The van der Waals surface area contributed by atoms with Gasteiger partial charge >= 0.3 is 5.69 Å². The first kappa shape index (κ1) is 19.0. The van der Waals surface area contributed by atoms with Crippen molar-refractivity contribution < 1.29 is 4.79 Å². The average molecular weight is 427 g/mol. The Morgan fingerprint density at radius 1 is 1.03 bits per heavy atom. The molecule has 0 aliphatic heterocycles. The number of carbonyl (C=O) groups excluding carboxylic acids is 1. The van der Waals surface area contributed by atoms with Crippen molar-refractivity contribution in [1.82, 2.24) is 19.7 Å². The summed E-state index contributed by atoms with van der Waals surface area (Å²) in [6.07, 6.45) is 0. The monoisotopic (exact) mass is 427 g/mol. The maximum absolute atomic E-state index is 12.5. The lowest BCUT2D eigenvalue weighted by Crippen LogP contribution is -2.15. The van der Waals surface area contributed by atoms with E-state index in [0.29, 0.717) is 11.4 Å². The van der Waals surface area contributed by atoms with Crippen LogP contribution in [0.5, 0.6) is 0 Å². The molecular formula is C23H17N5O2S. The molecule has 2 N–H and O–H groups in total.